The molecule has 1 aromatic rings. The Hall–Kier alpha value is -1.62. The fourth-order valence-electron chi connectivity index (χ4n) is 3.96. The first-order valence-corrected chi connectivity index (χ1v) is 8.01. The van der Waals surface area contributed by atoms with Crippen LogP contribution < -0.4 is 0 Å². The second-order valence-electron chi connectivity index (χ2n) is 6.51. The minimum absolute atomic E-state index is 0.000160. The van der Waals surface area contributed by atoms with Crippen LogP contribution in [0.15, 0.2) is 18.2 Å². The third kappa shape index (κ3) is 2.82. The van der Waals surface area contributed by atoms with Crippen LogP contribution in [0.4, 0.5) is 5.69 Å². The van der Waals surface area contributed by atoms with Gasteiger partial charge in [0.15, 0.2) is 0 Å². The SMILES string of the molecule is CN(Cc1cc([N+](=O)[O-])ccc1Cl)C(=O)C1CC2CCC1C2. The molecule has 0 radical (unpaired) electrons. The summed E-state index contributed by atoms with van der Waals surface area (Å²) < 4.78 is 0. The third-order valence-electron chi connectivity index (χ3n) is 5.08. The van der Waals surface area contributed by atoms with E-state index in [0.717, 1.165) is 12.8 Å². The monoisotopic (exact) mass is 322 g/mol. The van der Waals surface area contributed by atoms with Crippen molar-refractivity contribution in [3.63, 3.8) is 0 Å². The van der Waals surface area contributed by atoms with Gasteiger partial charge in [-0.15, -0.1) is 0 Å². The van der Waals surface area contributed by atoms with Crippen molar-refractivity contribution < 1.29 is 9.72 Å². The second kappa shape index (κ2) is 5.88. The van der Waals surface area contributed by atoms with Crippen molar-refractivity contribution in [1.29, 1.82) is 0 Å². The van der Waals surface area contributed by atoms with Crippen molar-refractivity contribution in [2.45, 2.75) is 32.2 Å². The summed E-state index contributed by atoms with van der Waals surface area (Å²) in [4.78, 5) is 24.7. The largest absolute Gasteiger partial charge is 0.341 e. The Labute approximate surface area is 134 Å². The van der Waals surface area contributed by atoms with Gasteiger partial charge in [0.2, 0.25) is 5.91 Å². The van der Waals surface area contributed by atoms with Gasteiger partial charge in [0, 0.05) is 36.7 Å². The number of halogens is 1. The molecule has 0 heterocycles. The molecule has 2 aliphatic carbocycles. The molecule has 0 aromatic heterocycles. The van der Waals surface area contributed by atoms with Crippen LogP contribution in [0.2, 0.25) is 5.02 Å². The molecule has 2 fully saturated rings. The zero-order chi connectivity index (χ0) is 15.9. The van der Waals surface area contributed by atoms with Crippen molar-refractivity contribution in [3.8, 4) is 0 Å². The van der Waals surface area contributed by atoms with Crippen LogP contribution in [0.5, 0.6) is 0 Å². The number of carbonyl (C=O) groups excluding carboxylic acids is 1. The molecule has 3 rings (SSSR count). The van der Waals surface area contributed by atoms with Crippen molar-refractivity contribution in [2.75, 3.05) is 7.05 Å². The van der Waals surface area contributed by atoms with E-state index in [4.69, 9.17) is 11.6 Å². The number of non-ortho nitro benzene ring substituents is 1. The van der Waals surface area contributed by atoms with E-state index < -0.39 is 4.92 Å². The predicted molar refractivity (Wildman–Crippen MR) is 83.5 cm³/mol. The molecule has 5 nitrogen and oxygen atoms in total. The summed E-state index contributed by atoms with van der Waals surface area (Å²) in [7, 11) is 1.75. The third-order valence-corrected chi connectivity index (χ3v) is 5.45. The van der Waals surface area contributed by atoms with Crippen LogP contribution >= 0.6 is 11.6 Å². The number of nitro groups is 1. The highest BCUT2D eigenvalue weighted by atomic mass is 35.5. The Kier molecular flexibility index (Phi) is 4.08. The molecule has 0 aliphatic heterocycles. The van der Waals surface area contributed by atoms with Crippen molar-refractivity contribution in [2.24, 2.45) is 17.8 Å². The van der Waals surface area contributed by atoms with Crippen LogP contribution in [-0.2, 0) is 11.3 Å². The summed E-state index contributed by atoms with van der Waals surface area (Å²) >= 11 is 6.11. The minimum atomic E-state index is -0.447. The molecular formula is C16H19ClN2O3. The summed E-state index contributed by atoms with van der Waals surface area (Å²) in [6.45, 7) is 0.313. The normalized spacial score (nSPS) is 26.2. The van der Waals surface area contributed by atoms with E-state index in [-0.39, 0.29) is 17.5 Å². The van der Waals surface area contributed by atoms with Gasteiger partial charge in [0.05, 0.1) is 4.92 Å². The first kappa shape index (κ1) is 15.3. The van der Waals surface area contributed by atoms with Crippen molar-refractivity contribution in [3.05, 3.63) is 38.9 Å². The standard InChI is InChI=1S/C16H19ClN2O3/c1-18(16(20)14-7-10-2-3-11(14)6-10)9-12-8-13(19(21)22)4-5-15(12)17/h4-5,8,10-11,14H,2-3,6-7,9H2,1H3. The van der Waals surface area contributed by atoms with E-state index in [1.165, 1.54) is 31.0 Å². The topological polar surface area (TPSA) is 63.4 Å². The first-order valence-electron chi connectivity index (χ1n) is 7.63. The maximum Gasteiger partial charge on any atom is 0.269 e. The molecule has 0 saturated heterocycles. The summed E-state index contributed by atoms with van der Waals surface area (Å²) in [5.41, 5.74) is 0.620. The zero-order valence-corrected chi connectivity index (χ0v) is 13.3. The van der Waals surface area contributed by atoms with Gasteiger partial charge in [-0.25, -0.2) is 0 Å². The van der Waals surface area contributed by atoms with Crippen LogP contribution in [0.3, 0.4) is 0 Å². The van der Waals surface area contributed by atoms with E-state index in [2.05, 4.69) is 0 Å². The molecule has 6 heteroatoms. The molecule has 1 aromatic carbocycles. The van der Waals surface area contributed by atoms with Gasteiger partial charge >= 0.3 is 0 Å². The lowest BCUT2D eigenvalue weighted by Gasteiger charge is -2.26. The van der Waals surface area contributed by atoms with Crippen molar-refractivity contribution in [1.82, 2.24) is 4.90 Å². The first-order chi connectivity index (χ1) is 10.5. The van der Waals surface area contributed by atoms with Crippen molar-refractivity contribution >= 4 is 23.2 Å². The second-order valence-corrected chi connectivity index (χ2v) is 6.92. The molecule has 1 amide bonds. The number of rotatable bonds is 4. The Morgan fingerprint density at radius 3 is 2.77 bits per heavy atom. The van der Waals surface area contributed by atoms with E-state index in [1.54, 1.807) is 11.9 Å². The highest BCUT2D eigenvalue weighted by molar-refractivity contribution is 6.31. The molecule has 3 unspecified atom stereocenters. The Bertz CT molecular complexity index is 619. The predicted octanol–water partition coefficient (Wildman–Crippen LogP) is 3.64. The van der Waals surface area contributed by atoms with Gasteiger partial charge in [-0.1, -0.05) is 18.0 Å². The Morgan fingerprint density at radius 2 is 2.18 bits per heavy atom. The van der Waals surface area contributed by atoms with E-state index in [0.29, 0.717) is 29.0 Å². The number of fused-ring (bicyclic) bond motifs is 2. The lowest BCUT2D eigenvalue weighted by molar-refractivity contribution is -0.384. The maximum atomic E-state index is 12.6. The van der Waals surface area contributed by atoms with Crippen LogP contribution in [0, 0.1) is 27.9 Å². The van der Waals surface area contributed by atoms with Gasteiger partial charge in [0.1, 0.15) is 0 Å². The van der Waals surface area contributed by atoms with E-state index in [1.807, 2.05) is 0 Å². The highest BCUT2D eigenvalue weighted by Crippen LogP contribution is 2.48. The smallest absolute Gasteiger partial charge is 0.269 e. The van der Waals surface area contributed by atoms with Crippen LogP contribution in [0.1, 0.15) is 31.2 Å². The van der Waals surface area contributed by atoms with Gasteiger partial charge in [-0.05, 0) is 42.7 Å². The molecule has 0 N–H and O–H groups in total. The maximum absolute atomic E-state index is 12.6. The molecule has 22 heavy (non-hydrogen) atoms. The van der Waals surface area contributed by atoms with Gasteiger partial charge < -0.3 is 4.90 Å². The van der Waals surface area contributed by atoms with Crippen LogP contribution in [-0.4, -0.2) is 22.8 Å². The molecule has 2 bridgehead atoms. The van der Waals surface area contributed by atoms with Gasteiger partial charge in [0.25, 0.3) is 5.69 Å². The number of nitrogens with zero attached hydrogens (tertiary/aromatic N) is 2. The molecule has 118 valence electrons. The van der Waals surface area contributed by atoms with Gasteiger partial charge in [-0.2, -0.15) is 0 Å². The zero-order valence-electron chi connectivity index (χ0n) is 12.5. The molecule has 2 aliphatic rings. The number of amides is 1. The molecule has 0 spiro atoms. The number of carbonyl (C=O) groups is 1. The number of benzene rings is 1. The average molecular weight is 323 g/mol. The minimum Gasteiger partial charge on any atom is -0.341 e. The van der Waals surface area contributed by atoms with Crippen LogP contribution in [0.25, 0.3) is 0 Å². The summed E-state index contributed by atoms with van der Waals surface area (Å²) in [6, 6.07) is 4.35. The summed E-state index contributed by atoms with van der Waals surface area (Å²) in [5.74, 6) is 1.52. The fraction of sp³-hybridized carbons (Fsp3) is 0.562. The highest BCUT2D eigenvalue weighted by Gasteiger charge is 2.43. The van der Waals surface area contributed by atoms with E-state index >= 15 is 0 Å². The molecule has 2 saturated carbocycles. The lowest BCUT2D eigenvalue weighted by Crippen LogP contribution is -2.35. The summed E-state index contributed by atoms with van der Waals surface area (Å²) in [6.07, 6.45) is 4.60. The Morgan fingerprint density at radius 1 is 1.41 bits per heavy atom. The Balaban J connectivity index is 1.71. The molecule has 3 atom stereocenters. The summed E-state index contributed by atoms with van der Waals surface area (Å²) in [5, 5.41) is 11.3. The van der Waals surface area contributed by atoms with E-state index in [9.17, 15) is 14.9 Å². The number of hydrogen-bond donors (Lipinski definition) is 0. The van der Waals surface area contributed by atoms with Gasteiger partial charge in [-0.3, -0.25) is 14.9 Å². The fourth-order valence-corrected chi connectivity index (χ4v) is 4.14. The quantitative estimate of drug-likeness (QED) is 0.628. The average Bonchev–Trinajstić information content (AvgIpc) is 3.11. The number of nitro benzene ring substituents is 1. The number of hydrogen-bond acceptors (Lipinski definition) is 3. The molecular weight excluding hydrogens is 304 g/mol. The lowest BCUT2D eigenvalue weighted by atomic mass is 9.88.